The zero-order valence-corrected chi connectivity index (χ0v) is 17.2. The molecule has 5 rings (SSSR count). The third-order valence-electron chi connectivity index (χ3n) is 9.29. The van der Waals surface area contributed by atoms with Crippen LogP contribution in [-0.4, -0.2) is 15.6 Å². The molecule has 146 valence electrons. The first-order valence-electron chi connectivity index (χ1n) is 11.2. The number of rotatable bonds is 1. The predicted molar refractivity (Wildman–Crippen MR) is 108 cm³/mol. The van der Waals surface area contributed by atoms with Crippen LogP contribution in [0.1, 0.15) is 77.2 Å². The highest BCUT2D eigenvalue weighted by Gasteiger charge is 2.60. The van der Waals surface area contributed by atoms with Crippen molar-refractivity contribution in [2.45, 2.75) is 71.6 Å². The van der Waals surface area contributed by atoms with Crippen LogP contribution in [0.2, 0.25) is 0 Å². The minimum atomic E-state index is -0.118. The quantitative estimate of drug-likeness (QED) is 0.622. The lowest BCUT2D eigenvalue weighted by Gasteiger charge is -2.59. The van der Waals surface area contributed by atoms with E-state index in [0.717, 1.165) is 41.7 Å². The Hall–Kier alpha value is -1.38. The van der Waals surface area contributed by atoms with E-state index in [2.05, 4.69) is 25.0 Å². The Bertz CT molecular complexity index is 792. The van der Waals surface area contributed by atoms with Crippen LogP contribution < -0.4 is 0 Å². The Kier molecular flexibility index (Phi) is 3.97. The molecule has 0 unspecified atom stereocenters. The van der Waals surface area contributed by atoms with Gasteiger partial charge in [-0.25, -0.2) is 0 Å². The van der Waals surface area contributed by atoms with Crippen molar-refractivity contribution in [3.8, 4) is 0 Å². The van der Waals surface area contributed by atoms with Crippen molar-refractivity contribution < 1.29 is 4.79 Å². The first kappa shape index (κ1) is 17.7. The molecule has 1 aromatic rings. The van der Waals surface area contributed by atoms with Gasteiger partial charge in [0, 0.05) is 24.2 Å². The van der Waals surface area contributed by atoms with E-state index in [9.17, 15) is 4.79 Å². The van der Waals surface area contributed by atoms with Gasteiger partial charge in [0.25, 0.3) is 0 Å². The average molecular weight is 367 g/mol. The van der Waals surface area contributed by atoms with Gasteiger partial charge in [0.2, 0.25) is 0 Å². The molecule has 0 spiro atoms. The normalized spacial score (nSPS) is 45.4. The van der Waals surface area contributed by atoms with Crippen molar-refractivity contribution in [1.82, 2.24) is 9.78 Å². The summed E-state index contributed by atoms with van der Waals surface area (Å²) in [4.78, 5) is 13.4. The summed E-state index contributed by atoms with van der Waals surface area (Å²) in [6.45, 7) is 4.90. The number of hydrogen-bond acceptors (Lipinski definition) is 2. The van der Waals surface area contributed by atoms with Gasteiger partial charge in [-0.15, -0.1) is 0 Å². The molecule has 4 aliphatic carbocycles. The van der Waals surface area contributed by atoms with Crippen LogP contribution in [0, 0.1) is 34.5 Å². The van der Waals surface area contributed by atoms with Crippen molar-refractivity contribution in [2.24, 2.45) is 41.5 Å². The maximum absolute atomic E-state index is 13.4. The van der Waals surface area contributed by atoms with Crippen molar-refractivity contribution in [2.75, 3.05) is 0 Å². The number of fused-ring (bicyclic) bond motifs is 5. The lowest BCUT2D eigenvalue weighted by Crippen LogP contribution is -2.52. The number of carbonyl (C=O) groups excluding carboxylic acids is 1. The van der Waals surface area contributed by atoms with Crippen LogP contribution in [0.4, 0.5) is 0 Å². The standard InChI is InChI=1S/C24H34N2O/c1-23-10-5-4-6-18(23)7-8-19-20(23)9-11-24(2)21(19)13-17(22(24)27)12-16-14-25-26(3)15-16/h12,14-15,18-21H,4-11,13H2,1-3H3/b17-12+/t18-,19-,20+,21+,23-,24-/m0/s1. The van der Waals surface area contributed by atoms with E-state index in [-0.39, 0.29) is 5.41 Å². The van der Waals surface area contributed by atoms with E-state index in [1.807, 2.05) is 24.1 Å². The Morgan fingerprint density at radius 2 is 1.96 bits per heavy atom. The molecule has 4 aliphatic rings. The van der Waals surface area contributed by atoms with Crippen molar-refractivity contribution in [3.63, 3.8) is 0 Å². The lowest BCUT2D eigenvalue weighted by molar-refractivity contribution is -0.137. The fourth-order valence-electron chi connectivity index (χ4n) is 7.81. The molecular weight excluding hydrogens is 332 g/mol. The van der Waals surface area contributed by atoms with Crippen molar-refractivity contribution in [1.29, 1.82) is 0 Å². The van der Waals surface area contributed by atoms with Gasteiger partial charge < -0.3 is 0 Å². The number of nitrogens with zero attached hydrogens (tertiary/aromatic N) is 2. The number of hydrogen-bond donors (Lipinski definition) is 0. The van der Waals surface area contributed by atoms with Crippen LogP contribution in [0.3, 0.4) is 0 Å². The summed E-state index contributed by atoms with van der Waals surface area (Å²) in [7, 11) is 1.94. The van der Waals surface area contributed by atoms with E-state index in [4.69, 9.17) is 0 Å². The monoisotopic (exact) mass is 366 g/mol. The Balaban J connectivity index is 1.46. The smallest absolute Gasteiger partial charge is 0.165 e. The molecule has 0 aromatic carbocycles. The molecule has 0 bridgehead atoms. The summed E-state index contributed by atoms with van der Waals surface area (Å²) in [5, 5.41) is 4.27. The maximum Gasteiger partial charge on any atom is 0.165 e. The van der Waals surface area contributed by atoms with Crippen LogP contribution in [0.25, 0.3) is 6.08 Å². The van der Waals surface area contributed by atoms with E-state index in [0.29, 0.717) is 17.1 Å². The second-order valence-electron chi connectivity index (χ2n) is 10.5. The Labute approximate surface area is 163 Å². The van der Waals surface area contributed by atoms with E-state index in [1.165, 1.54) is 44.9 Å². The topological polar surface area (TPSA) is 34.9 Å². The average Bonchev–Trinajstić information content (AvgIpc) is 3.16. The molecule has 0 radical (unpaired) electrons. The third-order valence-corrected chi connectivity index (χ3v) is 9.29. The molecule has 27 heavy (non-hydrogen) atoms. The number of carbonyl (C=O) groups is 1. The summed E-state index contributed by atoms with van der Waals surface area (Å²) < 4.78 is 1.82. The fraction of sp³-hybridized carbons (Fsp3) is 0.750. The van der Waals surface area contributed by atoms with Gasteiger partial charge in [-0.2, -0.15) is 5.10 Å². The molecule has 4 fully saturated rings. The molecular formula is C24H34N2O. The molecule has 1 heterocycles. The molecule has 0 saturated heterocycles. The van der Waals surface area contributed by atoms with Crippen LogP contribution >= 0.6 is 0 Å². The van der Waals surface area contributed by atoms with Crippen LogP contribution in [-0.2, 0) is 11.8 Å². The van der Waals surface area contributed by atoms with Crippen LogP contribution in [0.5, 0.6) is 0 Å². The predicted octanol–water partition coefficient (Wildman–Crippen LogP) is 5.42. The molecule has 4 saturated carbocycles. The van der Waals surface area contributed by atoms with Gasteiger partial charge in [0.05, 0.1) is 6.20 Å². The van der Waals surface area contributed by atoms with Gasteiger partial charge in [-0.05, 0) is 85.7 Å². The number of allylic oxidation sites excluding steroid dienone is 1. The molecule has 1 aromatic heterocycles. The molecule has 0 amide bonds. The van der Waals surface area contributed by atoms with E-state index < -0.39 is 0 Å². The molecule has 0 aliphatic heterocycles. The minimum absolute atomic E-state index is 0.118. The van der Waals surface area contributed by atoms with Crippen LogP contribution in [0.15, 0.2) is 18.0 Å². The maximum atomic E-state index is 13.4. The second-order valence-corrected chi connectivity index (χ2v) is 10.5. The summed E-state index contributed by atoms with van der Waals surface area (Å²) in [6, 6.07) is 0. The first-order valence-corrected chi connectivity index (χ1v) is 11.2. The fourth-order valence-corrected chi connectivity index (χ4v) is 7.81. The van der Waals surface area contributed by atoms with Gasteiger partial charge in [0.15, 0.2) is 5.78 Å². The Morgan fingerprint density at radius 1 is 1.11 bits per heavy atom. The minimum Gasteiger partial charge on any atom is -0.294 e. The first-order chi connectivity index (χ1) is 12.9. The summed E-state index contributed by atoms with van der Waals surface area (Å²) >= 11 is 0. The van der Waals surface area contributed by atoms with Gasteiger partial charge in [0.1, 0.15) is 0 Å². The summed E-state index contributed by atoms with van der Waals surface area (Å²) in [5.74, 6) is 3.54. The molecule has 0 N–H and O–H groups in total. The summed E-state index contributed by atoms with van der Waals surface area (Å²) in [6.07, 6.45) is 17.9. The van der Waals surface area contributed by atoms with Gasteiger partial charge in [-0.1, -0.05) is 26.7 Å². The van der Waals surface area contributed by atoms with E-state index >= 15 is 0 Å². The van der Waals surface area contributed by atoms with Crippen molar-refractivity contribution in [3.05, 3.63) is 23.5 Å². The number of Topliss-reactive ketones (excluding diaryl/α,β-unsaturated/α-hetero) is 1. The molecule has 3 nitrogen and oxygen atoms in total. The third kappa shape index (κ3) is 2.53. The zero-order valence-electron chi connectivity index (χ0n) is 17.2. The highest BCUT2D eigenvalue weighted by atomic mass is 16.1. The number of aryl methyl sites for hydroxylation is 1. The number of ketones is 1. The Morgan fingerprint density at radius 3 is 2.74 bits per heavy atom. The zero-order chi connectivity index (χ0) is 18.8. The highest BCUT2D eigenvalue weighted by Crippen LogP contribution is 2.66. The second kappa shape index (κ2) is 6.06. The van der Waals surface area contributed by atoms with Gasteiger partial charge in [-0.3, -0.25) is 9.48 Å². The lowest BCUT2D eigenvalue weighted by atomic mass is 9.45. The SMILES string of the molecule is Cn1cc(/C=C2\C[C@@H]3[C@H]4CC[C@@H]5CCCC[C@]5(C)[C@@H]4CC[C@]3(C)C2=O)cn1. The van der Waals surface area contributed by atoms with Crippen molar-refractivity contribution >= 4 is 11.9 Å². The highest BCUT2D eigenvalue weighted by molar-refractivity contribution is 6.05. The van der Waals surface area contributed by atoms with E-state index in [1.54, 1.807) is 0 Å². The largest absolute Gasteiger partial charge is 0.294 e. The molecule has 3 heteroatoms. The van der Waals surface area contributed by atoms with Gasteiger partial charge >= 0.3 is 0 Å². The number of aromatic nitrogens is 2. The summed E-state index contributed by atoms with van der Waals surface area (Å²) in [5.41, 5.74) is 2.56. The molecule has 6 atom stereocenters.